The second-order valence-electron chi connectivity index (χ2n) is 4.35. The van der Waals surface area contributed by atoms with Crippen molar-refractivity contribution in [3.63, 3.8) is 0 Å². The van der Waals surface area contributed by atoms with Crippen LogP contribution in [0.15, 0.2) is 53.3 Å². The number of hydrogen-bond donors (Lipinski definition) is 1. The van der Waals surface area contributed by atoms with Crippen molar-refractivity contribution in [1.82, 2.24) is 9.55 Å². The van der Waals surface area contributed by atoms with Crippen molar-refractivity contribution in [3.8, 4) is 6.07 Å². The van der Waals surface area contributed by atoms with Crippen LogP contribution in [0.4, 0.5) is 0 Å². The Morgan fingerprint density at radius 2 is 1.95 bits per heavy atom. The van der Waals surface area contributed by atoms with Gasteiger partial charge in [-0.15, -0.1) is 0 Å². The van der Waals surface area contributed by atoms with E-state index >= 15 is 0 Å². The Labute approximate surface area is 109 Å². The van der Waals surface area contributed by atoms with Crippen molar-refractivity contribution in [3.05, 3.63) is 70.1 Å². The van der Waals surface area contributed by atoms with E-state index in [-0.39, 0.29) is 5.69 Å². The van der Waals surface area contributed by atoms with Crippen molar-refractivity contribution in [2.24, 2.45) is 0 Å². The molecule has 0 bridgehead atoms. The lowest BCUT2D eigenvalue weighted by Crippen LogP contribution is -2.17. The fourth-order valence-electron chi connectivity index (χ4n) is 2.16. The van der Waals surface area contributed by atoms with Crippen molar-refractivity contribution >= 4 is 11.0 Å². The summed E-state index contributed by atoms with van der Waals surface area (Å²) in [5, 5.41) is 8.86. The normalized spacial score (nSPS) is 10.5. The van der Waals surface area contributed by atoms with Gasteiger partial charge >= 0.3 is 5.69 Å². The van der Waals surface area contributed by atoms with Crippen LogP contribution >= 0.6 is 0 Å². The van der Waals surface area contributed by atoms with E-state index in [2.05, 4.69) is 11.1 Å². The van der Waals surface area contributed by atoms with Gasteiger partial charge < -0.3 is 4.98 Å². The smallest absolute Gasteiger partial charge is 0.305 e. The van der Waals surface area contributed by atoms with Gasteiger partial charge in [0.1, 0.15) is 0 Å². The number of H-pyrrole nitrogens is 1. The third kappa shape index (κ3) is 2.02. The maximum atomic E-state index is 12.0. The quantitative estimate of drug-likeness (QED) is 0.757. The molecule has 4 nitrogen and oxygen atoms in total. The first kappa shape index (κ1) is 11.3. The summed E-state index contributed by atoms with van der Waals surface area (Å²) in [5.74, 6) is 0. The summed E-state index contributed by atoms with van der Waals surface area (Å²) in [6.07, 6.45) is 0. The van der Waals surface area contributed by atoms with Gasteiger partial charge in [-0.3, -0.25) is 4.57 Å². The van der Waals surface area contributed by atoms with E-state index in [0.29, 0.717) is 17.6 Å². The number of benzene rings is 2. The minimum Gasteiger partial charge on any atom is -0.305 e. The van der Waals surface area contributed by atoms with E-state index in [1.54, 1.807) is 22.8 Å². The first-order valence-corrected chi connectivity index (χ1v) is 5.94. The lowest BCUT2D eigenvalue weighted by Gasteiger charge is -2.03. The Bertz CT molecular complexity index is 822. The van der Waals surface area contributed by atoms with Gasteiger partial charge in [0.05, 0.1) is 29.2 Å². The minimum absolute atomic E-state index is 0.158. The molecule has 0 amide bonds. The Hall–Kier alpha value is -2.80. The van der Waals surface area contributed by atoms with Crippen LogP contribution in [-0.2, 0) is 6.54 Å². The molecule has 0 saturated carbocycles. The van der Waals surface area contributed by atoms with E-state index in [0.717, 1.165) is 11.1 Å². The summed E-state index contributed by atoms with van der Waals surface area (Å²) in [5.41, 5.74) is 2.96. The average molecular weight is 249 g/mol. The number of nitriles is 1. The lowest BCUT2D eigenvalue weighted by atomic mass is 10.2. The summed E-state index contributed by atoms with van der Waals surface area (Å²) >= 11 is 0. The largest absolute Gasteiger partial charge is 0.326 e. The number of nitrogens with one attached hydrogen (secondary N) is 1. The average Bonchev–Trinajstić information content (AvgIpc) is 2.75. The minimum atomic E-state index is -0.158. The predicted octanol–water partition coefficient (Wildman–Crippen LogP) is 2.25. The summed E-state index contributed by atoms with van der Waals surface area (Å²) in [6.45, 7) is 0.519. The van der Waals surface area contributed by atoms with Crippen LogP contribution in [0.3, 0.4) is 0 Å². The van der Waals surface area contributed by atoms with Crippen molar-refractivity contribution in [2.45, 2.75) is 6.54 Å². The number of aromatic nitrogens is 2. The van der Waals surface area contributed by atoms with Gasteiger partial charge in [-0.25, -0.2) is 4.79 Å². The molecule has 0 atom stereocenters. The molecule has 92 valence electrons. The molecule has 0 aliphatic heterocycles. The van der Waals surface area contributed by atoms with Crippen LogP contribution < -0.4 is 5.69 Å². The van der Waals surface area contributed by atoms with E-state index < -0.39 is 0 Å². The summed E-state index contributed by atoms with van der Waals surface area (Å²) in [7, 11) is 0. The zero-order valence-corrected chi connectivity index (χ0v) is 10.1. The maximum absolute atomic E-state index is 12.0. The fourth-order valence-corrected chi connectivity index (χ4v) is 2.16. The number of nitrogens with zero attached hydrogens (tertiary/aromatic N) is 2. The molecule has 0 radical (unpaired) electrons. The molecule has 4 heteroatoms. The van der Waals surface area contributed by atoms with Crippen LogP contribution in [0.5, 0.6) is 0 Å². The summed E-state index contributed by atoms with van der Waals surface area (Å²) < 4.78 is 1.67. The summed E-state index contributed by atoms with van der Waals surface area (Å²) in [4.78, 5) is 14.7. The van der Waals surface area contributed by atoms with Gasteiger partial charge in [0.2, 0.25) is 0 Å². The van der Waals surface area contributed by atoms with E-state index in [1.807, 2.05) is 30.3 Å². The SMILES string of the molecule is N#Cc1ccc2c(c1)[nH]c(=O)n2Cc1ccccc1. The Morgan fingerprint density at radius 3 is 2.68 bits per heavy atom. The van der Waals surface area contributed by atoms with Crippen LogP contribution in [0.25, 0.3) is 11.0 Å². The van der Waals surface area contributed by atoms with Crippen LogP contribution in [0, 0.1) is 11.3 Å². The number of imidazole rings is 1. The lowest BCUT2D eigenvalue weighted by molar-refractivity contribution is 0.787. The first-order chi connectivity index (χ1) is 9.28. The van der Waals surface area contributed by atoms with Gasteiger partial charge in [0, 0.05) is 0 Å². The van der Waals surface area contributed by atoms with Crippen molar-refractivity contribution < 1.29 is 0 Å². The highest BCUT2D eigenvalue weighted by Crippen LogP contribution is 2.13. The van der Waals surface area contributed by atoms with Crippen molar-refractivity contribution in [2.75, 3.05) is 0 Å². The number of fused-ring (bicyclic) bond motifs is 1. The molecule has 0 saturated heterocycles. The fraction of sp³-hybridized carbons (Fsp3) is 0.0667. The molecule has 19 heavy (non-hydrogen) atoms. The molecule has 1 N–H and O–H groups in total. The topological polar surface area (TPSA) is 61.6 Å². The zero-order valence-electron chi connectivity index (χ0n) is 10.1. The molecule has 3 rings (SSSR count). The number of rotatable bonds is 2. The number of aromatic amines is 1. The highest BCUT2D eigenvalue weighted by Gasteiger charge is 2.07. The second kappa shape index (κ2) is 4.46. The Kier molecular flexibility index (Phi) is 2.66. The highest BCUT2D eigenvalue weighted by molar-refractivity contribution is 5.77. The molecule has 1 heterocycles. The van der Waals surface area contributed by atoms with Gasteiger partial charge in [0.25, 0.3) is 0 Å². The van der Waals surface area contributed by atoms with Gasteiger partial charge in [0.15, 0.2) is 0 Å². The highest BCUT2D eigenvalue weighted by atomic mass is 16.1. The van der Waals surface area contributed by atoms with E-state index in [1.165, 1.54) is 0 Å². The zero-order chi connectivity index (χ0) is 13.2. The molecule has 2 aromatic carbocycles. The van der Waals surface area contributed by atoms with Gasteiger partial charge in [-0.2, -0.15) is 5.26 Å². The number of hydrogen-bond acceptors (Lipinski definition) is 2. The van der Waals surface area contributed by atoms with Gasteiger partial charge in [-0.1, -0.05) is 30.3 Å². The third-order valence-electron chi connectivity index (χ3n) is 3.09. The Balaban J connectivity index is 2.12. The second-order valence-corrected chi connectivity index (χ2v) is 4.35. The molecular weight excluding hydrogens is 238 g/mol. The van der Waals surface area contributed by atoms with Crippen LogP contribution in [-0.4, -0.2) is 9.55 Å². The monoisotopic (exact) mass is 249 g/mol. The molecule has 3 aromatic rings. The first-order valence-electron chi connectivity index (χ1n) is 5.94. The molecule has 1 aromatic heterocycles. The van der Waals surface area contributed by atoms with Gasteiger partial charge in [-0.05, 0) is 23.8 Å². The standard InChI is InChI=1S/C15H11N3O/c16-9-12-6-7-14-13(8-12)17-15(19)18(14)10-11-4-2-1-3-5-11/h1-8H,10H2,(H,17,19). The molecule has 0 fully saturated rings. The third-order valence-corrected chi connectivity index (χ3v) is 3.09. The van der Waals surface area contributed by atoms with Crippen LogP contribution in [0.1, 0.15) is 11.1 Å². The molecular formula is C15H11N3O. The molecule has 0 spiro atoms. The van der Waals surface area contributed by atoms with E-state index in [9.17, 15) is 4.79 Å². The van der Waals surface area contributed by atoms with Crippen molar-refractivity contribution in [1.29, 1.82) is 5.26 Å². The Morgan fingerprint density at radius 1 is 1.16 bits per heavy atom. The molecule has 0 aliphatic carbocycles. The predicted molar refractivity (Wildman–Crippen MR) is 72.8 cm³/mol. The summed E-state index contributed by atoms with van der Waals surface area (Å²) in [6, 6.07) is 17.1. The van der Waals surface area contributed by atoms with Crippen LogP contribution in [0.2, 0.25) is 0 Å². The molecule has 0 aliphatic rings. The maximum Gasteiger partial charge on any atom is 0.326 e. The molecule has 0 unspecified atom stereocenters. The van der Waals surface area contributed by atoms with E-state index in [4.69, 9.17) is 5.26 Å².